The molecule has 0 aliphatic carbocycles. The third kappa shape index (κ3) is 7.30. The van der Waals surface area contributed by atoms with E-state index in [1.165, 1.54) is 24.3 Å². The normalized spacial score (nSPS) is 10.9. The van der Waals surface area contributed by atoms with E-state index < -0.39 is 27.4 Å². The molecular weight excluding hydrogens is 556 g/mol. The topological polar surface area (TPSA) is 163 Å². The molecule has 12 nitrogen and oxygen atoms in total. The minimum absolute atomic E-state index is 0.0275. The number of ether oxygens (including phenoxy) is 2. The molecule has 0 bridgehead atoms. The summed E-state index contributed by atoms with van der Waals surface area (Å²) >= 11 is 0. The minimum atomic E-state index is -0.865. The number of nitrogens with zero attached hydrogens (tertiary/aromatic N) is 2. The maximum atomic E-state index is 12.4. The summed E-state index contributed by atoms with van der Waals surface area (Å²) in [6.07, 6.45) is -1.73. The first-order valence-electron chi connectivity index (χ1n) is 13.0. The highest BCUT2D eigenvalue weighted by Crippen LogP contribution is 2.34. The lowest BCUT2D eigenvalue weighted by Gasteiger charge is -2.26. The van der Waals surface area contributed by atoms with Gasteiger partial charge in [0, 0.05) is 17.5 Å². The second-order valence-corrected chi connectivity index (χ2v) is 10.3. The van der Waals surface area contributed by atoms with Crippen LogP contribution in [0, 0.1) is 34.1 Å². The van der Waals surface area contributed by atoms with Crippen LogP contribution in [0.1, 0.15) is 36.1 Å². The van der Waals surface area contributed by atoms with Crippen molar-refractivity contribution in [1.29, 1.82) is 0 Å². The van der Waals surface area contributed by atoms with Crippen molar-refractivity contribution in [3.8, 4) is 11.5 Å². The zero-order chi connectivity index (χ0) is 31.3. The van der Waals surface area contributed by atoms with Gasteiger partial charge in [-0.15, -0.1) is 0 Å². The maximum absolute atomic E-state index is 12.4. The molecule has 0 aliphatic rings. The number of hydrogen-bond acceptors (Lipinski definition) is 8. The lowest BCUT2D eigenvalue weighted by molar-refractivity contribution is -0.384. The minimum Gasteiger partial charge on any atom is -0.410 e. The van der Waals surface area contributed by atoms with Crippen molar-refractivity contribution in [2.75, 3.05) is 10.6 Å². The molecule has 220 valence electrons. The SMILES string of the molecule is Cc1ccc(NC(=O)Oc2ccc(C(C)(C)c3ccc(OC(=O)Nc4ccc(C)cc4[N+](=O)[O-])cc3)cc2)c([N+](=O)[O-])c1. The van der Waals surface area contributed by atoms with Crippen molar-refractivity contribution in [2.45, 2.75) is 33.1 Å². The highest BCUT2D eigenvalue weighted by Gasteiger charge is 2.24. The van der Waals surface area contributed by atoms with E-state index >= 15 is 0 Å². The van der Waals surface area contributed by atoms with Gasteiger partial charge in [-0.2, -0.15) is 0 Å². The quantitative estimate of drug-likeness (QED) is 0.157. The van der Waals surface area contributed by atoms with E-state index in [1.807, 2.05) is 13.8 Å². The van der Waals surface area contributed by atoms with Gasteiger partial charge in [-0.3, -0.25) is 30.9 Å². The Morgan fingerprint density at radius 1 is 0.628 bits per heavy atom. The second-order valence-electron chi connectivity index (χ2n) is 10.3. The van der Waals surface area contributed by atoms with Gasteiger partial charge in [0.1, 0.15) is 22.9 Å². The van der Waals surface area contributed by atoms with E-state index in [1.54, 1.807) is 74.5 Å². The van der Waals surface area contributed by atoms with Crippen LogP contribution in [0.25, 0.3) is 0 Å². The third-order valence-corrected chi connectivity index (χ3v) is 6.75. The van der Waals surface area contributed by atoms with Gasteiger partial charge < -0.3 is 9.47 Å². The molecule has 0 atom stereocenters. The Hall–Kier alpha value is -5.78. The van der Waals surface area contributed by atoms with Crippen LogP contribution in [-0.4, -0.2) is 22.0 Å². The Morgan fingerprint density at radius 3 is 1.30 bits per heavy atom. The van der Waals surface area contributed by atoms with Gasteiger partial charge in [-0.1, -0.05) is 50.2 Å². The number of nitrogens with one attached hydrogen (secondary N) is 2. The number of rotatable bonds is 8. The smallest absolute Gasteiger partial charge is 0.410 e. The fraction of sp³-hybridized carbons (Fsp3) is 0.161. The van der Waals surface area contributed by atoms with Crippen LogP contribution < -0.4 is 20.1 Å². The van der Waals surface area contributed by atoms with E-state index in [0.29, 0.717) is 11.1 Å². The maximum Gasteiger partial charge on any atom is 0.417 e. The van der Waals surface area contributed by atoms with E-state index in [0.717, 1.165) is 11.1 Å². The molecule has 2 N–H and O–H groups in total. The van der Waals surface area contributed by atoms with Crippen molar-refractivity contribution >= 4 is 34.9 Å². The van der Waals surface area contributed by atoms with Crippen LogP contribution >= 0.6 is 0 Å². The van der Waals surface area contributed by atoms with E-state index in [-0.39, 0.29) is 34.2 Å². The number of benzene rings is 4. The van der Waals surface area contributed by atoms with Crippen molar-refractivity contribution < 1.29 is 28.9 Å². The van der Waals surface area contributed by atoms with Gasteiger partial charge in [0.2, 0.25) is 0 Å². The van der Waals surface area contributed by atoms with Crippen LogP contribution in [0.5, 0.6) is 11.5 Å². The Labute approximate surface area is 246 Å². The summed E-state index contributed by atoms with van der Waals surface area (Å²) in [4.78, 5) is 46.2. The number of nitro groups is 2. The molecule has 0 aromatic heterocycles. The molecule has 0 fully saturated rings. The van der Waals surface area contributed by atoms with Crippen LogP contribution in [0.15, 0.2) is 84.9 Å². The largest absolute Gasteiger partial charge is 0.417 e. The molecule has 0 unspecified atom stereocenters. The highest BCUT2D eigenvalue weighted by atomic mass is 16.6. The lowest BCUT2D eigenvalue weighted by atomic mass is 9.78. The van der Waals surface area contributed by atoms with E-state index in [9.17, 15) is 29.8 Å². The molecule has 0 radical (unpaired) electrons. The molecule has 4 rings (SSSR count). The molecule has 4 aromatic carbocycles. The van der Waals surface area contributed by atoms with Gasteiger partial charge in [-0.25, -0.2) is 9.59 Å². The second kappa shape index (κ2) is 12.4. The van der Waals surface area contributed by atoms with Gasteiger partial charge in [0.05, 0.1) is 9.85 Å². The monoisotopic (exact) mass is 584 g/mol. The zero-order valence-corrected chi connectivity index (χ0v) is 23.7. The molecule has 0 heterocycles. The van der Waals surface area contributed by atoms with Crippen molar-refractivity contribution in [2.24, 2.45) is 0 Å². The number of hydrogen-bond donors (Lipinski definition) is 2. The summed E-state index contributed by atoms with van der Waals surface area (Å²) in [5.74, 6) is 0.491. The summed E-state index contributed by atoms with van der Waals surface area (Å²) < 4.78 is 10.6. The Balaban J connectivity index is 1.39. The van der Waals surface area contributed by atoms with Gasteiger partial charge in [0.15, 0.2) is 0 Å². The standard InChI is InChI=1S/C31H28N4O8/c1-19-5-15-25(27(17-19)34(38)39)32-29(36)42-23-11-7-21(8-12-23)31(3,4)22-9-13-24(14-10-22)43-30(37)33-26-16-6-20(2)18-28(26)35(40)41/h5-18H,1-4H3,(H,32,36)(H,33,37). The highest BCUT2D eigenvalue weighted by molar-refractivity contribution is 5.90. The third-order valence-electron chi connectivity index (χ3n) is 6.75. The molecular formula is C31H28N4O8. The average molecular weight is 585 g/mol. The van der Waals surface area contributed by atoms with Crippen LogP contribution in [0.4, 0.5) is 32.3 Å². The fourth-order valence-corrected chi connectivity index (χ4v) is 4.33. The number of carbonyl (C=O) groups excluding carboxylic acids is 2. The Kier molecular flexibility index (Phi) is 8.70. The first-order valence-corrected chi connectivity index (χ1v) is 13.0. The Bertz CT molecular complexity index is 1580. The van der Waals surface area contributed by atoms with Crippen molar-refractivity contribution in [3.63, 3.8) is 0 Å². The zero-order valence-electron chi connectivity index (χ0n) is 23.7. The molecule has 43 heavy (non-hydrogen) atoms. The molecule has 4 aromatic rings. The summed E-state index contributed by atoms with van der Waals surface area (Å²) in [6.45, 7) is 7.41. The lowest BCUT2D eigenvalue weighted by Crippen LogP contribution is -2.20. The van der Waals surface area contributed by atoms with Gasteiger partial charge in [0.25, 0.3) is 11.4 Å². The molecule has 0 spiro atoms. The predicted octanol–water partition coefficient (Wildman–Crippen LogP) is 7.67. The average Bonchev–Trinajstić information content (AvgIpc) is 2.95. The van der Waals surface area contributed by atoms with Gasteiger partial charge in [-0.05, 0) is 72.5 Å². The number of aryl methyl sites for hydroxylation is 2. The number of anilines is 2. The number of carbonyl (C=O) groups is 2. The Morgan fingerprint density at radius 2 is 0.977 bits per heavy atom. The van der Waals surface area contributed by atoms with Crippen LogP contribution in [0.3, 0.4) is 0 Å². The number of nitro benzene ring substituents is 2. The van der Waals surface area contributed by atoms with Crippen LogP contribution in [-0.2, 0) is 5.41 Å². The van der Waals surface area contributed by atoms with Crippen LogP contribution in [0.2, 0.25) is 0 Å². The summed E-state index contributed by atoms with van der Waals surface area (Å²) in [7, 11) is 0. The fourth-order valence-electron chi connectivity index (χ4n) is 4.33. The van der Waals surface area contributed by atoms with E-state index in [2.05, 4.69) is 10.6 Å². The predicted molar refractivity (Wildman–Crippen MR) is 160 cm³/mol. The van der Waals surface area contributed by atoms with Gasteiger partial charge >= 0.3 is 12.2 Å². The summed E-state index contributed by atoms with van der Waals surface area (Å²) in [5, 5.41) is 27.4. The number of amides is 2. The molecule has 0 saturated carbocycles. The van der Waals surface area contributed by atoms with E-state index in [4.69, 9.17) is 9.47 Å². The van der Waals surface area contributed by atoms with Crippen molar-refractivity contribution in [1.82, 2.24) is 0 Å². The molecule has 0 saturated heterocycles. The first kappa shape index (κ1) is 30.2. The molecule has 12 heteroatoms. The van der Waals surface area contributed by atoms with Crippen molar-refractivity contribution in [3.05, 3.63) is 127 Å². The summed E-state index contributed by atoms with van der Waals surface area (Å²) in [6, 6.07) is 22.5. The first-order chi connectivity index (χ1) is 20.3. The molecule has 0 aliphatic heterocycles. The summed E-state index contributed by atoms with van der Waals surface area (Å²) in [5.41, 5.74) is 2.25. The molecule has 2 amide bonds.